The van der Waals surface area contributed by atoms with Crippen LogP contribution in [0, 0.1) is 13.8 Å². The van der Waals surface area contributed by atoms with Gasteiger partial charge in [-0.05, 0) is 38.1 Å². The summed E-state index contributed by atoms with van der Waals surface area (Å²) >= 11 is 12.7. The van der Waals surface area contributed by atoms with Crippen LogP contribution in [0.1, 0.15) is 21.6 Å². The Labute approximate surface area is 171 Å². The normalized spacial score (nSPS) is 11.0. The summed E-state index contributed by atoms with van der Waals surface area (Å²) in [7, 11) is 0. The van der Waals surface area contributed by atoms with Gasteiger partial charge < -0.3 is 5.32 Å². The molecule has 5 nitrogen and oxygen atoms in total. The first-order valence-electron chi connectivity index (χ1n) is 8.62. The van der Waals surface area contributed by atoms with Crippen LogP contribution in [0.25, 0.3) is 16.7 Å². The average Bonchev–Trinajstić information content (AvgIpc) is 3.02. The Balaban J connectivity index is 1.77. The van der Waals surface area contributed by atoms with Crippen molar-refractivity contribution in [1.29, 1.82) is 0 Å². The maximum Gasteiger partial charge on any atom is 0.258 e. The summed E-state index contributed by atoms with van der Waals surface area (Å²) in [5.41, 5.74) is 4.10. The first kappa shape index (κ1) is 18.5. The number of rotatable bonds is 3. The first-order valence-corrected chi connectivity index (χ1v) is 9.38. The monoisotopic (exact) mass is 410 g/mol. The summed E-state index contributed by atoms with van der Waals surface area (Å²) in [4.78, 5) is 17.2. The predicted octanol–water partition coefficient (Wildman–Crippen LogP) is 5.60. The van der Waals surface area contributed by atoms with Gasteiger partial charge in [-0.15, -0.1) is 0 Å². The van der Waals surface area contributed by atoms with Crippen LogP contribution >= 0.6 is 23.2 Å². The summed E-state index contributed by atoms with van der Waals surface area (Å²) in [6, 6.07) is 15.0. The summed E-state index contributed by atoms with van der Waals surface area (Å²) in [5, 5.41) is 8.75. The minimum Gasteiger partial charge on any atom is -0.321 e. The van der Waals surface area contributed by atoms with Crippen molar-refractivity contribution in [1.82, 2.24) is 14.8 Å². The van der Waals surface area contributed by atoms with Crippen LogP contribution in [0.15, 0.2) is 54.7 Å². The number of aromatic nitrogens is 3. The molecule has 140 valence electrons. The summed E-state index contributed by atoms with van der Waals surface area (Å²) in [6.07, 6.45) is 1.46. The van der Waals surface area contributed by atoms with E-state index in [-0.39, 0.29) is 11.5 Å². The third-order valence-corrected chi connectivity index (χ3v) is 5.18. The van der Waals surface area contributed by atoms with Gasteiger partial charge in [-0.2, -0.15) is 5.10 Å². The summed E-state index contributed by atoms with van der Waals surface area (Å²) in [5.74, 6) is -0.380. The predicted molar refractivity (Wildman–Crippen MR) is 113 cm³/mol. The van der Waals surface area contributed by atoms with Crippen LogP contribution in [-0.4, -0.2) is 20.7 Å². The number of carbonyl (C=O) groups excluding carboxylic acids is 1. The van der Waals surface area contributed by atoms with Gasteiger partial charge in [0.15, 0.2) is 5.65 Å². The van der Waals surface area contributed by atoms with Crippen molar-refractivity contribution in [3.8, 4) is 5.69 Å². The van der Waals surface area contributed by atoms with Gasteiger partial charge in [0.05, 0.1) is 38.1 Å². The van der Waals surface area contributed by atoms with E-state index in [1.54, 1.807) is 28.9 Å². The zero-order valence-corrected chi connectivity index (χ0v) is 16.7. The van der Waals surface area contributed by atoms with Crippen LogP contribution in [-0.2, 0) is 0 Å². The average molecular weight is 411 g/mol. The fraction of sp³-hybridized carbons (Fsp3) is 0.0952. The number of aryl methyl sites for hydroxylation is 2. The lowest BCUT2D eigenvalue weighted by atomic mass is 10.2. The number of hydrogen-bond acceptors (Lipinski definition) is 3. The Kier molecular flexibility index (Phi) is 4.79. The lowest BCUT2D eigenvalue weighted by Crippen LogP contribution is -2.13. The molecule has 0 saturated carbocycles. The standard InChI is InChI=1S/C21H16Cl2N4O/c1-12-7-9-14(10-8-12)27-20-18(13(2)26-27)19(23)15(11-24-20)21(28)25-17-6-4-3-5-16(17)22/h3-11H,1-2H3,(H,25,28). The van der Waals surface area contributed by atoms with Crippen LogP contribution in [0.5, 0.6) is 0 Å². The molecule has 0 aliphatic rings. The van der Waals surface area contributed by atoms with Crippen molar-refractivity contribution >= 4 is 45.8 Å². The van der Waals surface area contributed by atoms with Gasteiger partial charge >= 0.3 is 0 Å². The molecule has 28 heavy (non-hydrogen) atoms. The van der Waals surface area contributed by atoms with Gasteiger partial charge in [0.1, 0.15) is 0 Å². The van der Waals surface area contributed by atoms with Crippen LogP contribution in [0.2, 0.25) is 10.0 Å². The molecular weight excluding hydrogens is 395 g/mol. The van der Waals surface area contributed by atoms with E-state index in [9.17, 15) is 4.79 Å². The number of hydrogen-bond donors (Lipinski definition) is 1. The number of para-hydroxylation sites is 1. The smallest absolute Gasteiger partial charge is 0.258 e. The van der Waals surface area contributed by atoms with Crippen LogP contribution in [0.3, 0.4) is 0 Å². The quantitative estimate of drug-likeness (QED) is 0.478. The zero-order chi connectivity index (χ0) is 19.8. The fourth-order valence-electron chi connectivity index (χ4n) is 2.98. The summed E-state index contributed by atoms with van der Waals surface area (Å²) in [6.45, 7) is 3.87. The number of nitrogens with one attached hydrogen (secondary N) is 1. The van der Waals surface area contributed by atoms with E-state index in [4.69, 9.17) is 23.2 Å². The van der Waals surface area contributed by atoms with Crippen molar-refractivity contribution in [2.75, 3.05) is 5.32 Å². The molecule has 2 aromatic carbocycles. The molecule has 0 aliphatic heterocycles. The lowest BCUT2D eigenvalue weighted by Gasteiger charge is -2.09. The molecular formula is C21H16Cl2N4O. The van der Waals surface area contributed by atoms with E-state index in [0.717, 1.165) is 11.3 Å². The van der Waals surface area contributed by atoms with Crippen LogP contribution in [0.4, 0.5) is 5.69 Å². The van der Waals surface area contributed by atoms with E-state index in [2.05, 4.69) is 15.4 Å². The van der Waals surface area contributed by atoms with Crippen molar-refractivity contribution in [2.24, 2.45) is 0 Å². The maximum atomic E-state index is 12.7. The molecule has 0 bridgehead atoms. The van der Waals surface area contributed by atoms with Gasteiger partial charge in [-0.3, -0.25) is 4.79 Å². The van der Waals surface area contributed by atoms with Gasteiger partial charge in [0, 0.05) is 6.20 Å². The number of halogens is 2. The second kappa shape index (κ2) is 7.26. The minimum absolute atomic E-state index is 0.264. The topological polar surface area (TPSA) is 59.8 Å². The second-order valence-electron chi connectivity index (χ2n) is 6.45. The number of fused-ring (bicyclic) bond motifs is 1. The Morgan fingerprint density at radius 2 is 1.75 bits per heavy atom. The molecule has 1 amide bonds. The van der Waals surface area contributed by atoms with Gasteiger partial charge in [0.25, 0.3) is 5.91 Å². The number of nitrogens with zero attached hydrogens (tertiary/aromatic N) is 3. The highest BCUT2D eigenvalue weighted by molar-refractivity contribution is 6.39. The first-order chi connectivity index (χ1) is 13.5. The van der Waals surface area contributed by atoms with E-state index < -0.39 is 0 Å². The molecule has 2 heterocycles. The SMILES string of the molecule is Cc1ccc(-n2nc(C)c3c(Cl)c(C(=O)Nc4ccccc4Cl)cnc32)cc1. The van der Waals surface area contributed by atoms with Crippen molar-refractivity contribution < 1.29 is 4.79 Å². The van der Waals surface area contributed by atoms with Crippen molar-refractivity contribution in [3.05, 3.63) is 81.6 Å². The molecule has 0 fully saturated rings. The Bertz CT molecular complexity index is 1200. The number of pyridine rings is 1. The molecule has 0 aliphatic carbocycles. The second-order valence-corrected chi connectivity index (χ2v) is 7.24. The van der Waals surface area contributed by atoms with E-state index in [0.29, 0.717) is 32.5 Å². The highest BCUT2D eigenvalue weighted by Gasteiger charge is 2.20. The Morgan fingerprint density at radius 3 is 2.46 bits per heavy atom. The van der Waals surface area contributed by atoms with Gasteiger partial charge in [0.2, 0.25) is 0 Å². The summed E-state index contributed by atoms with van der Waals surface area (Å²) < 4.78 is 1.73. The number of amides is 1. The zero-order valence-electron chi connectivity index (χ0n) is 15.2. The van der Waals surface area contributed by atoms with Gasteiger partial charge in [-0.25, -0.2) is 9.67 Å². The van der Waals surface area contributed by atoms with Crippen LogP contribution < -0.4 is 5.32 Å². The largest absolute Gasteiger partial charge is 0.321 e. The van der Waals surface area contributed by atoms with Crippen molar-refractivity contribution in [3.63, 3.8) is 0 Å². The van der Waals surface area contributed by atoms with Crippen molar-refractivity contribution in [2.45, 2.75) is 13.8 Å². The third kappa shape index (κ3) is 3.23. The molecule has 1 N–H and O–H groups in total. The highest BCUT2D eigenvalue weighted by Crippen LogP contribution is 2.31. The molecule has 0 unspecified atom stereocenters. The van der Waals surface area contributed by atoms with E-state index >= 15 is 0 Å². The molecule has 0 radical (unpaired) electrons. The number of anilines is 1. The molecule has 4 aromatic rings. The number of benzene rings is 2. The highest BCUT2D eigenvalue weighted by atomic mass is 35.5. The maximum absolute atomic E-state index is 12.7. The number of carbonyl (C=O) groups is 1. The third-order valence-electron chi connectivity index (χ3n) is 4.45. The Morgan fingerprint density at radius 1 is 1.04 bits per heavy atom. The molecule has 4 rings (SSSR count). The van der Waals surface area contributed by atoms with E-state index in [1.165, 1.54) is 6.20 Å². The molecule has 0 atom stereocenters. The Hall–Kier alpha value is -2.89. The molecule has 0 saturated heterocycles. The van der Waals surface area contributed by atoms with Gasteiger partial charge in [-0.1, -0.05) is 53.0 Å². The lowest BCUT2D eigenvalue weighted by molar-refractivity contribution is 0.102. The minimum atomic E-state index is -0.380. The molecule has 0 spiro atoms. The fourth-order valence-corrected chi connectivity index (χ4v) is 3.52. The molecule has 2 aromatic heterocycles. The molecule has 7 heteroatoms. The van der Waals surface area contributed by atoms with E-state index in [1.807, 2.05) is 38.1 Å².